The van der Waals surface area contributed by atoms with Gasteiger partial charge in [0, 0.05) is 5.92 Å². The van der Waals surface area contributed by atoms with Gasteiger partial charge in [-0.2, -0.15) is 0 Å². The van der Waals surface area contributed by atoms with Gasteiger partial charge >= 0.3 is 5.97 Å². The van der Waals surface area contributed by atoms with E-state index in [4.69, 9.17) is 4.74 Å². The van der Waals surface area contributed by atoms with Crippen molar-refractivity contribution >= 4 is 22.8 Å². The molecule has 0 radical (unpaired) electrons. The van der Waals surface area contributed by atoms with Crippen LogP contribution in [0.5, 0.6) is 0 Å². The lowest BCUT2D eigenvalue weighted by atomic mass is 10.0. The first-order valence-electron chi connectivity index (χ1n) is 6.13. The molecule has 0 aliphatic carbocycles. The molecule has 2 heteroatoms. The zero-order valence-corrected chi connectivity index (χ0v) is 10.2. The van der Waals surface area contributed by atoms with Crippen LogP contribution in [0.15, 0.2) is 48.2 Å². The molecule has 2 aromatic rings. The first-order valence-corrected chi connectivity index (χ1v) is 6.13. The molecule has 1 aliphatic heterocycles. The van der Waals surface area contributed by atoms with Crippen molar-refractivity contribution in [2.75, 3.05) is 0 Å². The third-order valence-corrected chi connectivity index (χ3v) is 3.27. The van der Waals surface area contributed by atoms with Crippen LogP contribution in [0.3, 0.4) is 0 Å². The molecule has 1 heterocycles. The molecule has 0 N–H and O–H groups in total. The number of rotatable bonds is 1. The summed E-state index contributed by atoms with van der Waals surface area (Å²) in [7, 11) is 0. The van der Waals surface area contributed by atoms with Gasteiger partial charge in [0.1, 0.15) is 5.76 Å². The number of carbonyl (C=O) groups excluding carboxylic acids is 1. The Balaban J connectivity index is 2.00. The zero-order chi connectivity index (χ0) is 12.5. The molecule has 1 unspecified atom stereocenters. The molecule has 0 amide bonds. The Labute approximate surface area is 106 Å². The third-order valence-electron chi connectivity index (χ3n) is 3.27. The number of fused-ring (bicyclic) bond motifs is 1. The minimum absolute atomic E-state index is 0.130. The Morgan fingerprint density at radius 3 is 2.67 bits per heavy atom. The highest BCUT2D eigenvalue weighted by Gasteiger charge is 2.25. The van der Waals surface area contributed by atoms with E-state index in [0.29, 0.717) is 6.42 Å². The first kappa shape index (κ1) is 11.0. The molecule has 1 saturated heterocycles. The van der Waals surface area contributed by atoms with E-state index in [1.165, 1.54) is 10.8 Å². The van der Waals surface area contributed by atoms with Crippen molar-refractivity contribution in [1.29, 1.82) is 0 Å². The number of ether oxygens (including phenoxy) is 1. The number of cyclic esters (lactones) is 1. The lowest BCUT2D eigenvalue weighted by Crippen LogP contribution is -1.89. The standard InChI is InChI=1S/C16H14O2/c1-11-8-16(17)18-15(11)10-12-6-7-13-4-2-3-5-14(13)9-12/h2-7,9-11H,8H2,1H3/b15-10+. The lowest BCUT2D eigenvalue weighted by molar-refractivity contribution is -0.135. The fourth-order valence-corrected chi connectivity index (χ4v) is 2.26. The Bertz CT molecular complexity index is 640. The van der Waals surface area contributed by atoms with E-state index in [1.54, 1.807) is 0 Å². The molecule has 90 valence electrons. The van der Waals surface area contributed by atoms with Crippen molar-refractivity contribution < 1.29 is 9.53 Å². The average molecular weight is 238 g/mol. The largest absolute Gasteiger partial charge is 0.431 e. The summed E-state index contributed by atoms with van der Waals surface area (Å²) >= 11 is 0. The lowest BCUT2D eigenvalue weighted by Gasteiger charge is -2.03. The average Bonchev–Trinajstić information content (AvgIpc) is 2.68. The SMILES string of the molecule is CC1CC(=O)O/C1=C/c1ccc2ccccc2c1. The van der Waals surface area contributed by atoms with Crippen molar-refractivity contribution in [3.63, 3.8) is 0 Å². The number of esters is 1. The molecule has 18 heavy (non-hydrogen) atoms. The summed E-state index contributed by atoms with van der Waals surface area (Å²) in [6, 6.07) is 14.5. The van der Waals surface area contributed by atoms with Crippen LogP contribution in [-0.2, 0) is 9.53 Å². The minimum atomic E-state index is -0.130. The van der Waals surface area contributed by atoms with Crippen molar-refractivity contribution in [2.24, 2.45) is 5.92 Å². The highest BCUT2D eigenvalue weighted by molar-refractivity contribution is 5.85. The van der Waals surface area contributed by atoms with Gasteiger partial charge in [0.25, 0.3) is 0 Å². The van der Waals surface area contributed by atoms with Crippen LogP contribution in [-0.4, -0.2) is 5.97 Å². The molecule has 0 bridgehead atoms. The molecule has 1 fully saturated rings. The normalized spacial score (nSPS) is 21.5. The third kappa shape index (κ3) is 2.02. The van der Waals surface area contributed by atoms with Crippen LogP contribution in [0.25, 0.3) is 16.8 Å². The van der Waals surface area contributed by atoms with Gasteiger partial charge in [-0.1, -0.05) is 43.3 Å². The molecule has 1 aliphatic rings. The van der Waals surface area contributed by atoms with Gasteiger partial charge in [-0.25, -0.2) is 0 Å². The zero-order valence-electron chi connectivity index (χ0n) is 10.2. The van der Waals surface area contributed by atoms with Crippen LogP contribution in [0.4, 0.5) is 0 Å². The number of carbonyl (C=O) groups is 1. The Hall–Kier alpha value is -2.09. The molecule has 2 nitrogen and oxygen atoms in total. The summed E-state index contributed by atoms with van der Waals surface area (Å²) < 4.78 is 5.21. The number of allylic oxidation sites excluding steroid dienone is 1. The van der Waals surface area contributed by atoms with Crippen molar-refractivity contribution in [1.82, 2.24) is 0 Å². The van der Waals surface area contributed by atoms with E-state index in [2.05, 4.69) is 24.3 Å². The summed E-state index contributed by atoms with van der Waals surface area (Å²) in [6.45, 7) is 2.01. The molecule has 0 spiro atoms. The molecular weight excluding hydrogens is 224 g/mol. The summed E-state index contributed by atoms with van der Waals surface area (Å²) in [4.78, 5) is 11.2. The highest BCUT2D eigenvalue weighted by Crippen LogP contribution is 2.27. The number of hydrogen-bond acceptors (Lipinski definition) is 2. The van der Waals surface area contributed by atoms with Crippen LogP contribution >= 0.6 is 0 Å². The molecule has 1 atom stereocenters. The second-order valence-corrected chi connectivity index (χ2v) is 4.73. The predicted octanol–water partition coefficient (Wildman–Crippen LogP) is 3.76. The maximum atomic E-state index is 11.2. The van der Waals surface area contributed by atoms with Crippen LogP contribution in [0.2, 0.25) is 0 Å². The van der Waals surface area contributed by atoms with E-state index in [-0.39, 0.29) is 11.9 Å². The highest BCUT2D eigenvalue weighted by atomic mass is 16.5. The summed E-state index contributed by atoms with van der Waals surface area (Å²) in [6.07, 6.45) is 2.45. The van der Waals surface area contributed by atoms with E-state index >= 15 is 0 Å². The van der Waals surface area contributed by atoms with Gasteiger partial charge in [-0.15, -0.1) is 0 Å². The molecule has 0 saturated carbocycles. The Kier molecular flexibility index (Phi) is 2.63. The van der Waals surface area contributed by atoms with Crippen molar-refractivity contribution in [2.45, 2.75) is 13.3 Å². The maximum Gasteiger partial charge on any atom is 0.311 e. The summed E-state index contributed by atoms with van der Waals surface area (Å²) in [5.74, 6) is 0.828. The van der Waals surface area contributed by atoms with Crippen LogP contribution in [0, 0.1) is 5.92 Å². The maximum absolute atomic E-state index is 11.2. The first-order chi connectivity index (χ1) is 8.72. The van der Waals surface area contributed by atoms with E-state index in [9.17, 15) is 4.79 Å². The predicted molar refractivity (Wildman–Crippen MR) is 71.8 cm³/mol. The van der Waals surface area contributed by atoms with E-state index in [0.717, 1.165) is 11.3 Å². The topological polar surface area (TPSA) is 26.3 Å². The van der Waals surface area contributed by atoms with Crippen molar-refractivity contribution in [3.8, 4) is 0 Å². The van der Waals surface area contributed by atoms with Gasteiger partial charge in [0.2, 0.25) is 0 Å². The second kappa shape index (κ2) is 4.30. The molecular formula is C16H14O2. The van der Waals surface area contributed by atoms with E-state index in [1.807, 2.05) is 31.2 Å². The Morgan fingerprint density at radius 1 is 1.17 bits per heavy atom. The summed E-state index contributed by atoms with van der Waals surface area (Å²) in [5.41, 5.74) is 1.07. The summed E-state index contributed by atoms with van der Waals surface area (Å²) in [5, 5.41) is 2.42. The van der Waals surface area contributed by atoms with Gasteiger partial charge < -0.3 is 4.74 Å². The fourth-order valence-electron chi connectivity index (χ4n) is 2.26. The quantitative estimate of drug-likeness (QED) is 0.707. The van der Waals surface area contributed by atoms with Crippen LogP contribution < -0.4 is 0 Å². The van der Waals surface area contributed by atoms with Gasteiger partial charge in [0.05, 0.1) is 6.42 Å². The van der Waals surface area contributed by atoms with Crippen LogP contribution in [0.1, 0.15) is 18.9 Å². The minimum Gasteiger partial charge on any atom is -0.431 e. The second-order valence-electron chi connectivity index (χ2n) is 4.73. The van der Waals surface area contributed by atoms with Gasteiger partial charge in [-0.05, 0) is 28.5 Å². The Morgan fingerprint density at radius 2 is 1.94 bits per heavy atom. The van der Waals surface area contributed by atoms with Gasteiger partial charge in [-0.3, -0.25) is 4.79 Å². The molecule has 3 rings (SSSR count). The van der Waals surface area contributed by atoms with Crippen molar-refractivity contribution in [3.05, 3.63) is 53.8 Å². The number of benzene rings is 2. The van der Waals surface area contributed by atoms with E-state index < -0.39 is 0 Å². The monoisotopic (exact) mass is 238 g/mol. The molecule has 2 aromatic carbocycles. The molecule has 0 aromatic heterocycles. The smallest absolute Gasteiger partial charge is 0.311 e. The fraction of sp³-hybridized carbons (Fsp3) is 0.188. The number of hydrogen-bond donors (Lipinski definition) is 0. The van der Waals surface area contributed by atoms with Gasteiger partial charge in [0.15, 0.2) is 0 Å².